The van der Waals surface area contributed by atoms with Gasteiger partial charge in [0, 0.05) is 29.7 Å². The number of nitrogens with zero attached hydrogens (tertiary/aromatic N) is 1. The van der Waals surface area contributed by atoms with Crippen LogP contribution in [0.1, 0.15) is 44.7 Å². The molecule has 0 aliphatic heterocycles. The largest absolute Gasteiger partial charge is 0.497 e. The van der Waals surface area contributed by atoms with Crippen molar-refractivity contribution >= 4 is 23.6 Å². The summed E-state index contributed by atoms with van der Waals surface area (Å²) in [5.74, 6) is 1.23. The van der Waals surface area contributed by atoms with Crippen molar-refractivity contribution in [3.05, 3.63) is 59.7 Å². The molecule has 5 nitrogen and oxygen atoms in total. The van der Waals surface area contributed by atoms with Gasteiger partial charge in [-0.2, -0.15) is 0 Å². The predicted molar refractivity (Wildman–Crippen MR) is 127 cm³/mol. The molecule has 0 bridgehead atoms. The van der Waals surface area contributed by atoms with Gasteiger partial charge in [0.15, 0.2) is 0 Å². The lowest BCUT2D eigenvalue weighted by Gasteiger charge is -2.30. The number of hydrogen-bond donors (Lipinski definition) is 1. The standard InChI is InChI=1S/C25H34N2O3S/c1-6-19(3)26-25(29)20(4)27(17-21-8-7-9-22(16-21)30-5)24(28)14-15-31-23-12-10-18(2)11-13-23/h7-13,16,19-20H,6,14-15,17H2,1-5H3,(H,26,29)/t19-,20-/m0/s1. The molecule has 2 amide bonds. The SMILES string of the molecule is CC[C@H](C)NC(=O)[C@H](C)N(Cc1cccc(OC)c1)C(=O)CCSc1ccc(C)cc1. The lowest BCUT2D eigenvalue weighted by molar-refractivity contribution is -0.140. The molecule has 0 spiro atoms. The summed E-state index contributed by atoms with van der Waals surface area (Å²) in [7, 11) is 1.62. The Morgan fingerprint density at radius 1 is 1.13 bits per heavy atom. The molecule has 2 aromatic carbocycles. The van der Waals surface area contributed by atoms with E-state index >= 15 is 0 Å². The number of thioether (sulfide) groups is 1. The van der Waals surface area contributed by atoms with Crippen LogP contribution < -0.4 is 10.1 Å². The van der Waals surface area contributed by atoms with E-state index in [0.29, 0.717) is 18.7 Å². The van der Waals surface area contributed by atoms with Crippen LogP contribution in [0, 0.1) is 6.92 Å². The Morgan fingerprint density at radius 2 is 1.84 bits per heavy atom. The van der Waals surface area contributed by atoms with Crippen LogP contribution in [0.3, 0.4) is 0 Å². The van der Waals surface area contributed by atoms with Gasteiger partial charge in [0.05, 0.1) is 7.11 Å². The maximum atomic E-state index is 13.1. The molecule has 2 aromatic rings. The molecule has 6 heteroatoms. The van der Waals surface area contributed by atoms with Crippen molar-refractivity contribution < 1.29 is 14.3 Å². The molecule has 1 N–H and O–H groups in total. The van der Waals surface area contributed by atoms with Gasteiger partial charge in [-0.25, -0.2) is 0 Å². The van der Waals surface area contributed by atoms with E-state index in [4.69, 9.17) is 4.74 Å². The average molecular weight is 443 g/mol. The van der Waals surface area contributed by atoms with E-state index in [1.54, 1.807) is 30.7 Å². The fourth-order valence-electron chi connectivity index (χ4n) is 3.05. The van der Waals surface area contributed by atoms with Crippen LogP contribution in [0.25, 0.3) is 0 Å². The number of ether oxygens (including phenoxy) is 1. The highest BCUT2D eigenvalue weighted by atomic mass is 32.2. The van der Waals surface area contributed by atoms with Gasteiger partial charge in [0.25, 0.3) is 0 Å². The Kier molecular flexibility index (Phi) is 9.92. The molecule has 0 radical (unpaired) electrons. The molecule has 0 saturated carbocycles. The zero-order valence-electron chi connectivity index (χ0n) is 19.2. The number of rotatable bonds is 11. The topological polar surface area (TPSA) is 58.6 Å². The summed E-state index contributed by atoms with van der Waals surface area (Å²) in [4.78, 5) is 28.7. The molecule has 0 fully saturated rings. The van der Waals surface area contributed by atoms with E-state index in [0.717, 1.165) is 22.6 Å². The maximum Gasteiger partial charge on any atom is 0.242 e. The first kappa shape index (κ1) is 24.8. The second-order valence-corrected chi connectivity index (χ2v) is 8.95. The van der Waals surface area contributed by atoms with Gasteiger partial charge >= 0.3 is 0 Å². The Hall–Kier alpha value is -2.47. The van der Waals surface area contributed by atoms with Crippen LogP contribution in [0.4, 0.5) is 0 Å². The monoisotopic (exact) mass is 442 g/mol. The minimum absolute atomic E-state index is 0.0331. The third-order valence-corrected chi connectivity index (χ3v) is 6.27. The first-order valence-electron chi connectivity index (χ1n) is 10.8. The number of hydrogen-bond acceptors (Lipinski definition) is 4. The summed E-state index contributed by atoms with van der Waals surface area (Å²) in [6.45, 7) is 8.21. The number of benzene rings is 2. The van der Waals surface area contributed by atoms with Crippen molar-refractivity contribution in [1.29, 1.82) is 0 Å². The molecule has 0 saturated heterocycles. The van der Waals surface area contributed by atoms with Crippen molar-refractivity contribution in [2.75, 3.05) is 12.9 Å². The van der Waals surface area contributed by atoms with Gasteiger partial charge < -0.3 is 15.0 Å². The quantitative estimate of drug-likeness (QED) is 0.507. The first-order valence-corrected chi connectivity index (χ1v) is 11.7. The zero-order chi connectivity index (χ0) is 22.8. The van der Waals surface area contributed by atoms with Crippen molar-refractivity contribution in [3.8, 4) is 5.75 Å². The van der Waals surface area contributed by atoms with Crippen LogP contribution in [0.2, 0.25) is 0 Å². The summed E-state index contributed by atoms with van der Waals surface area (Å²) < 4.78 is 5.31. The van der Waals surface area contributed by atoms with Gasteiger partial charge in [0.2, 0.25) is 11.8 Å². The normalized spacial score (nSPS) is 12.7. The fourth-order valence-corrected chi connectivity index (χ4v) is 3.89. The summed E-state index contributed by atoms with van der Waals surface area (Å²) >= 11 is 1.65. The van der Waals surface area contributed by atoms with E-state index in [1.807, 2.05) is 38.1 Å². The Bertz CT molecular complexity index is 854. The second kappa shape index (κ2) is 12.4. The van der Waals surface area contributed by atoms with Gasteiger partial charge in [0.1, 0.15) is 11.8 Å². The number of amides is 2. The summed E-state index contributed by atoms with van der Waals surface area (Å²) in [6.07, 6.45) is 1.21. The molecule has 0 heterocycles. The van der Waals surface area contributed by atoms with E-state index in [9.17, 15) is 9.59 Å². The number of carbonyl (C=O) groups is 2. The number of nitrogens with one attached hydrogen (secondary N) is 1. The van der Waals surface area contributed by atoms with Crippen molar-refractivity contribution in [3.63, 3.8) is 0 Å². The van der Waals surface area contributed by atoms with Crippen molar-refractivity contribution in [1.82, 2.24) is 10.2 Å². The fraction of sp³-hybridized carbons (Fsp3) is 0.440. The highest BCUT2D eigenvalue weighted by Crippen LogP contribution is 2.21. The summed E-state index contributed by atoms with van der Waals surface area (Å²) in [6, 6.07) is 15.4. The molecular weight excluding hydrogens is 408 g/mol. The molecule has 168 valence electrons. The Morgan fingerprint density at radius 3 is 2.48 bits per heavy atom. The van der Waals surface area contributed by atoms with Crippen LogP contribution in [0.15, 0.2) is 53.4 Å². The lowest BCUT2D eigenvalue weighted by atomic mass is 10.1. The van der Waals surface area contributed by atoms with Crippen LogP contribution in [0.5, 0.6) is 5.75 Å². The number of carbonyl (C=O) groups excluding carboxylic acids is 2. The first-order chi connectivity index (χ1) is 14.8. The molecule has 31 heavy (non-hydrogen) atoms. The summed E-state index contributed by atoms with van der Waals surface area (Å²) in [5, 5.41) is 3.00. The van der Waals surface area contributed by atoms with Gasteiger partial charge in [-0.3, -0.25) is 9.59 Å². The van der Waals surface area contributed by atoms with Gasteiger partial charge in [-0.05, 0) is 57.0 Å². The van der Waals surface area contributed by atoms with E-state index in [1.165, 1.54) is 5.56 Å². The van der Waals surface area contributed by atoms with E-state index in [2.05, 4.69) is 36.5 Å². The summed E-state index contributed by atoms with van der Waals surface area (Å²) in [5.41, 5.74) is 2.15. The molecule has 2 rings (SSSR count). The third-order valence-electron chi connectivity index (χ3n) is 5.26. The third kappa shape index (κ3) is 7.94. The Balaban J connectivity index is 2.09. The zero-order valence-corrected chi connectivity index (χ0v) is 20.0. The molecule has 0 unspecified atom stereocenters. The second-order valence-electron chi connectivity index (χ2n) is 7.78. The maximum absolute atomic E-state index is 13.1. The minimum atomic E-state index is -0.558. The van der Waals surface area contributed by atoms with Crippen molar-refractivity contribution in [2.24, 2.45) is 0 Å². The van der Waals surface area contributed by atoms with E-state index < -0.39 is 6.04 Å². The highest BCUT2D eigenvalue weighted by molar-refractivity contribution is 7.99. The number of aryl methyl sites for hydroxylation is 1. The van der Waals surface area contributed by atoms with Crippen LogP contribution >= 0.6 is 11.8 Å². The number of methoxy groups -OCH3 is 1. The van der Waals surface area contributed by atoms with Crippen LogP contribution in [-0.2, 0) is 16.1 Å². The minimum Gasteiger partial charge on any atom is -0.497 e. The molecule has 0 aromatic heterocycles. The van der Waals surface area contributed by atoms with Crippen molar-refractivity contribution in [2.45, 2.75) is 64.1 Å². The van der Waals surface area contributed by atoms with Gasteiger partial charge in [-0.15, -0.1) is 11.8 Å². The average Bonchev–Trinajstić information content (AvgIpc) is 2.78. The molecule has 0 aliphatic rings. The predicted octanol–water partition coefficient (Wildman–Crippen LogP) is 4.82. The molecule has 0 aliphatic carbocycles. The molecule has 2 atom stereocenters. The lowest BCUT2D eigenvalue weighted by Crippen LogP contribution is -2.49. The molecular formula is C25H34N2O3S. The highest BCUT2D eigenvalue weighted by Gasteiger charge is 2.26. The smallest absolute Gasteiger partial charge is 0.242 e. The van der Waals surface area contributed by atoms with Crippen LogP contribution in [-0.4, -0.2) is 41.7 Å². The van der Waals surface area contributed by atoms with Gasteiger partial charge in [-0.1, -0.05) is 36.8 Å². The van der Waals surface area contributed by atoms with E-state index in [-0.39, 0.29) is 17.9 Å². The Labute approximate surface area is 190 Å².